The molecule has 8 heteroatoms. The summed E-state index contributed by atoms with van der Waals surface area (Å²) in [5, 5.41) is 13.9. The topological polar surface area (TPSA) is 70.1 Å². The summed E-state index contributed by atoms with van der Waals surface area (Å²) in [6.45, 7) is 9.83. The van der Waals surface area contributed by atoms with Crippen LogP contribution < -0.4 is 4.74 Å². The van der Waals surface area contributed by atoms with Crippen LogP contribution >= 0.6 is 23.5 Å². The van der Waals surface area contributed by atoms with Crippen molar-refractivity contribution in [2.75, 3.05) is 19.7 Å². The van der Waals surface area contributed by atoms with Crippen molar-refractivity contribution in [2.45, 2.75) is 82.4 Å². The number of nitrogens with zero attached hydrogens (tertiary/aromatic N) is 2. The molecule has 176 valence electrons. The van der Waals surface area contributed by atoms with E-state index in [2.05, 4.69) is 20.8 Å². The molecule has 0 unspecified atom stereocenters. The van der Waals surface area contributed by atoms with Crippen molar-refractivity contribution in [1.29, 1.82) is 0 Å². The number of aromatic hydroxyl groups is 1. The van der Waals surface area contributed by atoms with Gasteiger partial charge in [0, 0.05) is 13.1 Å². The van der Waals surface area contributed by atoms with E-state index in [1.54, 1.807) is 10.0 Å². The van der Waals surface area contributed by atoms with Gasteiger partial charge in [0.1, 0.15) is 17.1 Å². The Balaban J connectivity index is 1.92. The van der Waals surface area contributed by atoms with E-state index in [9.17, 15) is 14.7 Å². The van der Waals surface area contributed by atoms with E-state index in [1.165, 1.54) is 23.5 Å². The molecular formula is C24H34N2O4S2. The lowest BCUT2D eigenvalue weighted by Gasteiger charge is -2.27. The summed E-state index contributed by atoms with van der Waals surface area (Å²) < 4.78 is 6.68. The second-order valence-corrected chi connectivity index (χ2v) is 10.5. The molecule has 0 radical (unpaired) electrons. The molecule has 0 bridgehead atoms. The van der Waals surface area contributed by atoms with E-state index >= 15 is 0 Å². The lowest BCUT2D eigenvalue weighted by molar-refractivity contribution is -0.147. The molecule has 1 saturated heterocycles. The number of thioether (sulfide) groups is 2. The number of fused-ring (bicyclic) bond motifs is 1. The minimum Gasteiger partial charge on any atom is -0.506 e. The van der Waals surface area contributed by atoms with Crippen LogP contribution in [0.4, 0.5) is 0 Å². The third-order valence-electron chi connectivity index (χ3n) is 5.60. The standard InChI is InChI=1S/C24H34N2O4S2/c1-5-8-11-14-30-17-15-16(4)19(27)21-20(17)31-24(32-21)18-22(28)25(12-9-6-2)26(23(18)29)13-10-7-3/h15,27H,5-14H2,1-4H3. The number of phenolic OH excluding ortho intramolecular Hbond substituents is 1. The van der Waals surface area contributed by atoms with Crippen molar-refractivity contribution in [3.63, 3.8) is 0 Å². The molecule has 1 N–H and O–H groups in total. The second kappa shape index (κ2) is 11.4. The van der Waals surface area contributed by atoms with E-state index < -0.39 is 0 Å². The Bertz CT molecular complexity index is 872. The molecule has 2 amide bonds. The lowest BCUT2D eigenvalue weighted by Crippen LogP contribution is -2.42. The van der Waals surface area contributed by atoms with Crippen LogP contribution in [-0.4, -0.2) is 46.6 Å². The van der Waals surface area contributed by atoms with E-state index in [0.29, 0.717) is 34.6 Å². The summed E-state index contributed by atoms with van der Waals surface area (Å²) >= 11 is 2.68. The van der Waals surface area contributed by atoms with Crippen molar-refractivity contribution < 1.29 is 19.4 Å². The van der Waals surface area contributed by atoms with Gasteiger partial charge in [-0.25, -0.2) is 10.0 Å². The molecule has 2 heterocycles. The van der Waals surface area contributed by atoms with Gasteiger partial charge in [-0.1, -0.05) is 70.0 Å². The molecule has 1 aromatic rings. The highest BCUT2D eigenvalue weighted by molar-refractivity contribution is 8.25. The molecule has 2 aliphatic rings. The monoisotopic (exact) mass is 478 g/mol. The maximum Gasteiger partial charge on any atom is 0.279 e. The number of unbranched alkanes of at least 4 members (excludes halogenated alkanes) is 4. The summed E-state index contributed by atoms with van der Waals surface area (Å²) in [4.78, 5) is 28.1. The first kappa shape index (κ1) is 24.8. The van der Waals surface area contributed by atoms with Gasteiger partial charge in [-0.2, -0.15) is 0 Å². The number of amides is 2. The fourth-order valence-electron chi connectivity index (χ4n) is 3.67. The number of rotatable bonds is 11. The predicted octanol–water partition coefficient (Wildman–Crippen LogP) is 5.87. The highest BCUT2D eigenvalue weighted by Gasteiger charge is 2.44. The highest BCUT2D eigenvalue weighted by atomic mass is 32.2. The van der Waals surface area contributed by atoms with Gasteiger partial charge in [-0.15, -0.1) is 0 Å². The van der Waals surface area contributed by atoms with Crippen molar-refractivity contribution in [3.05, 3.63) is 21.4 Å². The molecule has 1 aromatic carbocycles. The fourth-order valence-corrected chi connectivity index (χ4v) is 6.37. The summed E-state index contributed by atoms with van der Waals surface area (Å²) in [6, 6.07) is 1.85. The number of hydrogen-bond acceptors (Lipinski definition) is 6. The maximum absolute atomic E-state index is 13.3. The Kier molecular flexibility index (Phi) is 8.82. The minimum absolute atomic E-state index is 0.192. The quantitative estimate of drug-likeness (QED) is 0.244. The molecule has 32 heavy (non-hydrogen) atoms. The van der Waals surface area contributed by atoms with Crippen LogP contribution in [0.1, 0.15) is 71.3 Å². The van der Waals surface area contributed by atoms with E-state index in [1.807, 2.05) is 13.0 Å². The minimum atomic E-state index is -0.232. The van der Waals surface area contributed by atoms with Crippen LogP contribution in [0.25, 0.3) is 0 Å². The molecule has 0 saturated carbocycles. The third-order valence-corrected chi connectivity index (χ3v) is 8.22. The Morgan fingerprint density at radius 1 is 0.875 bits per heavy atom. The molecule has 1 fully saturated rings. The summed E-state index contributed by atoms with van der Waals surface area (Å²) in [6.07, 6.45) is 6.77. The number of aryl methyl sites for hydroxylation is 1. The average Bonchev–Trinajstić information content (AvgIpc) is 3.30. The molecule has 0 spiro atoms. The largest absolute Gasteiger partial charge is 0.506 e. The van der Waals surface area contributed by atoms with Crippen molar-refractivity contribution in [1.82, 2.24) is 10.0 Å². The molecule has 0 atom stereocenters. The van der Waals surface area contributed by atoms with Gasteiger partial charge in [0.25, 0.3) is 11.8 Å². The summed E-state index contributed by atoms with van der Waals surface area (Å²) in [5.74, 6) is 0.439. The van der Waals surface area contributed by atoms with Gasteiger partial charge in [-0.3, -0.25) is 9.59 Å². The van der Waals surface area contributed by atoms with Crippen LogP contribution in [-0.2, 0) is 9.59 Å². The molecule has 0 aliphatic carbocycles. The first-order valence-corrected chi connectivity index (χ1v) is 13.3. The van der Waals surface area contributed by atoms with Crippen LogP contribution in [0.2, 0.25) is 0 Å². The number of hydrazine groups is 1. The number of carbonyl (C=O) groups is 2. The number of benzene rings is 1. The Hall–Kier alpha value is -1.80. The number of hydrogen-bond donors (Lipinski definition) is 1. The second-order valence-electron chi connectivity index (χ2n) is 8.18. The van der Waals surface area contributed by atoms with Gasteiger partial charge < -0.3 is 9.84 Å². The summed E-state index contributed by atoms with van der Waals surface area (Å²) in [5.41, 5.74) is 0.948. The van der Waals surface area contributed by atoms with Crippen molar-refractivity contribution in [2.24, 2.45) is 0 Å². The van der Waals surface area contributed by atoms with Crippen LogP contribution in [0.15, 0.2) is 25.7 Å². The van der Waals surface area contributed by atoms with Gasteiger partial charge >= 0.3 is 0 Å². The Morgan fingerprint density at radius 2 is 1.44 bits per heavy atom. The SMILES string of the molecule is CCCCCOc1cc(C)c(O)c2c1SC(=C1C(=O)N(CCCC)N(CCCC)C1=O)S2. The van der Waals surface area contributed by atoms with Crippen LogP contribution in [0, 0.1) is 6.92 Å². The normalized spacial score (nSPS) is 15.9. The molecule has 3 rings (SSSR count). The molecular weight excluding hydrogens is 444 g/mol. The average molecular weight is 479 g/mol. The smallest absolute Gasteiger partial charge is 0.279 e. The predicted molar refractivity (Wildman–Crippen MR) is 130 cm³/mol. The molecule has 0 aromatic heterocycles. The lowest BCUT2D eigenvalue weighted by atomic mass is 10.2. The summed E-state index contributed by atoms with van der Waals surface area (Å²) in [7, 11) is 0. The van der Waals surface area contributed by atoms with Crippen LogP contribution in [0.3, 0.4) is 0 Å². The van der Waals surface area contributed by atoms with Crippen LogP contribution in [0.5, 0.6) is 11.5 Å². The van der Waals surface area contributed by atoms with Crippen molar-refractivity contribution >= 4 is 35.3 Å². The van der Waals surface area contributed by atoms with Crippen molar-refractivity contribution in [3.8, 4) is 11.5 Å². The third kappa shape index (κ3) is 5.06. The van der Waals surface area contributed by atoms with Gasteiger partial charge in [-0.05, 0) is 37.8 Å². The number of carbonyl (C=O) groups excluding carboxylic acids is 2. The van der Waals surface area contributed by atoms with Gasteiger partial charge in [0.05, 0.1) is 20.6 Å². The highest BCUT2D eigenvalue weighted by Crippen LogP contribution is 2.60. The Morgan fingerprint density at radius 3 is 2.00 bits per heavy atom. The molecule has 2 aliphatic heterocycles. The Labute approximate surface area is 199 Å². The van der Waals surface area contributed by atoms with E-state index in [4.69, 9.17) is 4.74 Å². The van der Waals surface area contributed by atoms with E-state index in [-0.39, 0.29) is 23.1 Å². The zero-order valence-electron chi connectivity index (χ0n) is 19.5. The molecule has 6 nitrogen and oxygen atoms in total. The fraction of sp³-hybridized carbons (Fsp3) is 0.583. The number of ether oxygens (including phenoxy) is 1. The van der Waals surface area contributed by atoms with Gasteiger partial charge in [0.15, 0.2) is 0 Å². The number of phenols is 1. The first-order valence-electron chi connectivity index (χ1n) is 11.7. The zero-order valence-corrected chi connectivity index (χ0v) is 21.2. The van der Waals surface area contributed by atoms with E-state index in [0.717, 1.165) is 55.4 Å². The first-order chi connectivity index (χ1) is 15.4. The zero-order chi connectivity index (χ0) is 23.3. The maximum atomic E-state index is 13.3. The van der Waals surface area contributed by atoms with Gasteiger partial charge in [0.2, 0.25) is 0 Å².